The van der Waals surface area contributed by atoms with Gasteiger partial charge in [0.15, 0.2) is 5.78 Å². The van der Waals surface area contributed by atoms with E-state index in [9.17, 15) is 4.79 Å². The molecule has 2 saturated heterocycles. The molecule has 3 rings (SSSR count). The number of carbonyl (C=O) groups is 1. The first-order valence-corrected chi connectivity index (χ1v) is 7.74. The lowest BCUT2D eigenvalue weighted by Gasteiger charge is -2.39. The number of hydrogen-bond donors (Lipinski definition) is 0. The molecule has 2 aliphatic rings. The van der Waals surface area contributed by atoms with Crippen LogP contribution in [-0.4, -0.2) is 42.9 Å². The quantitative estimate of drug-likeness (QED) is 0.782. The van der Waals surface area contributed by atoms with Crippen molar-refractivity contribution < 1.29 is 4.79 Å². The molecule has 0 spiro atoms. The SMILES string of the molecule is CC(=O)c1ccc(N2CCN3CCCC3C2)c(Br)c1. The number of benzene rings is 1. The van der Waals surface area contributed by atoms with E-state index in [0.717, 1.165) is 29.7 Å². The van der Waals surface area contributed by atoms with Gasteiger partial charge in [-0.3, -0.25) is 9.69 Å². The predicted molar refractivity (Wildman–Crippen MR) is 81.0 cm³/mol. The van der Waals surface area contributed by atoms with Crippen LogP contribution in [0.4, 0.5) is 5.69 Å². The Hall–Kier alpha value is -0.870. The van der Waals surface area contributed by atoms with Crippen LogP contribution in [0.25, 0.3) is 0 Å². The zero-order valence-corrected chi connectivity index (χ0v) is 12.8. The maximum absolute atomic E-state index is 11.4. The Balaban J connectivity index is 1.80. The first-order valence-electron chi connectivity index (χ1n) is 6.94. The molecule has 0 bridgehead atoms. The van der Waals surface area contributed by atoms with Gasteiger partial charge in [0.25, 0.3) is 0 Å². The van der Waals surface area contributed by atoms with Crippen LogP contribution in [-0.2, 0) is 0 Å². The first kappa shape index (κ1) is 13.1. The molecule has 0 N–H and O–H groups in total. The lowest BCUT2D eigenvalue weighted by molar-refractivity contribution is 0.101. The van der Waals surface area contributed by atoms with Crippen molar-refractivity contribution in [1.29, 1.82) is 0 Å². The number of fused-ring (bicyclic) bond motifs is 1. The second kappa shape index (κ2) is 5.25. The molecule has 0 saturated carbocycles. The Labute approximate surface area is 122 Å². The van der Waals surface area contributed by atoms with Gasteiger partial charge in [0.1, 0.15) is 0 Å². The number of piperazine rings is 1. The third-order valence-corrected chi connectivity index (χ3v) is 4.92. The summed E-state index contributed by atoms with van der Waals surface area (Å²) < 4.78 is 1.03. The van der Waals surface area contributed by atoms with Crippen molar-refractivity contribution in [2.45, 2.75) is 25.8 Å². The number of anilines is 1. The molecule has 1 atom stereocenters. The van der Waals surface area contributed by atoms with Gasteiger partial charge < -0.3 is 4.90 Å². The molecule has 19 heavy (non-hydrogen) atoms. The molecule has 1 unspecified atom stereocenters. The highest BCUT2D eigenvalue weighted by molar-refractivity contribution is 9.10. The predicted octanol–water partition coefficient (Wildman–Crippen LogP) is 2.94. The summed E-state index contributed by atoms with van der Waals surface area (Å²) in [7, 11) is 0. The van der Waals surface area contributed by atoms with Gasteiger partial charge in [0.2, 0.25) is 0 Å². The van der Waals surface area contributed by atoms with Gasteiger partial charge in [-0.05, 0) is 60.4 Å². The summed E-state index contributed by atoms with van der Waals surface area (Å²) in [6.45, 7) is 6.22. The van der Waals surface area contributed by atoms with Crippen LogP contribution < -0.4 is 4.90 Å². The van der Waals surface area contributed by atoms with E-state index in [-0.39, 0.29) is 5.78 Å². The number of halogens is 1. The van der Waals surface area contributed by atoms with Gasteiger partial charge >= 0.3 is 0 Å². The van der Waals surface area contributed by atoms with E-state index in [1.807, 2.05) is 12.1 Å². The molecular formula is C15H19BrN2O. The van der Waals surface area contributed by atoms with Crippen molar-refractivity contribution in [2.75, 3.05) is 31.1 Å². The number of rotatable bonds is 2. The van der Waals surface area contributed by atoms with Gasteiger partial charge in [-0.2, -0.15) is 0 Å². The second-order valence-corrected chi connectivity index (χ2v) is 6.35. The number of Topliss-reactive ketones (excluding diaryl/α,β-unsaturated/α-hetero) is 1. The summed E-state index contributed by atoms with van der Waals surface area (Å²) in [6.07, 6.45) is 2.66. The Bertz CT molecular complexity index is 503. The zero-order valence-electron chi connectivity index (χ0n) is 11.2. The van der Waals surface area contributed by atoms with Crippen molar-refractivity contribution in [2.24, 2.45) is 0 Å². The minimum Gasteiger partial charge on any atom is -0.368 e. The van der Waals surface area contributed by atoms with Crippen molar-refractivity contribution in [3.8, 4) is 0 Å². The molecule has 1 aromatic carbocycles. The zero-order chi connectivity index (χ0) is 13.4. The van der Waals surface area contributed by atoms with Crippen LogP contribution >= 0.6 is 15.9 Å². The summed E-state index contributed by atoms with van der Waals surface area (Å²) in [5, 5.41) is 0. The molecule has 0 aromatic heterocycles. The van der Waals surface area contributed by atoms with E-state index in [2.05, 4.69) is 31.8 Å². The molecule has 0 radical (unpaired) electrons. The fraction of sp³-hybridized carbons (Fsp3) is 0.533. The number of hydrogen-bond acceptors (Lipinski definition) is 3. The van der Waals surface area contributed by atoms with Crippen molar-refractivity contribution >= 4 is 27.4 Å². The van der Waals surface area contributed by atoms with E-state index in [1.165, 1.54) is 25.1 Å². The third kappa shape index (κ3) is 2.56. The average Bonchev–Trinajstić information content (AvgIpc) is 2.85. The number of nitrogens with zero attached hydrogens (tertiary/aromatic N) is 2. The van der Waals surface area contributed by atoms with Crippen LogP contribution in [0.15, 0.2) is 22.7 Å². The fourth-order valence-corrected chi connectivity index (χ4v) is 3.82. The van der Waals surface area contributed by atoms with Gasteiger partial charge in [-0.15, -0.1) is 0 Å². The highest BCUT2D eigenvalue weighted by atomic mass is 79.9. The number of carbonyl (C=O) groups excluding carboxylic acids is 1. The monoisotopic (exact) mass is 322 g/mol. The van der Waals surface area contributed by atoms with E-state index >= 15 is 0 Å². The third-order valence-electron chi connectivity index (χ3n) is 4.28. The molecule has 102 valence electrons. The molecule has 2 fully saturated rings. The smallest absolute Gasteiger partial charge is 0.159 e. The van der Waals surface area contributed by atoms with Crippen LogP contribution in [0.5, 0.6) is 0 Å². The second-order valence-electron chi connectivity index (χ2n) is 5.50. The summed E-state index contributed by atoms with van der Waals surface area (Å²) in [4.78, 5) is 16.4. The van der Waals surface area contributed by atoms with Gasteiger partial charge in [-0.25, -0.2) is 0 Å². The Morgan fingerprint density at radius 1 is 1.32 bits per heavy atom. The number of ketones is 1. The van der Waals surface area contributed by atoms with Crippen LogP contribution in [0.2, 0.25) is 0 Å². The minimum absolute atomic E-state index is 0.118. The molecule has 4 heteroatoms. The summed E-state index contributed by atoms with van der Waals surface area (Å²) >= 11 is 3.62. The van der Waals surface area contributed by atoms with Crippen molar-refractivity contribution in [3.05, 3.63) is 28.2 Å². The molecule has 2 heterocycles. The van der Waals surface area contributed by atoms with Gasteiger partial charge in [0, 0.05) is 35.7 Å². The highest BCUT2D eigenvalue weighted by Gasteiger charge is 2.31. The Morgan fingerprint density at radius 2 is 2.16 bits per heavy atom. The van der Waals surface area contributed by atoms with Crippen LogP contribution in [0, 0.1) is 0 Å². The van der Waals surface area contributed by atoms with Gasteiger partial charge in [-0.1, -0.05) is 0 Å². The molecule has 3 nitrogen and oxygen atoms in total. The largest absolute Gasteiger partial charge is 0.368 e. The lowest BCUT2D eigenvalue weighted by Crippen LogP contribution is -2.50. The molecule has 1 aromatic rings. The standard InChI is InChI=1S/C15H19BrN2O/c1-11(19)12-4-5-15(14(16)9-12)18-8-7-17-6-2-3-13(17)10-18/h4-5,9,13H,2-3,6-8,10H2,1H3. The normalized spacial score (nSPS) is 23.5. The van der Waals surface area contributed by atoms with Crippen LogP contribution in [0.3, 0.4) is 0 Å². The van der Waals surface area contributed by atoms with E-state index in [4.69, 9.17) is 0 Å². The van der Waals surface area contributed by atoms with E-state index in [0.29, 0.717) is 6.04 Å². The highest BCUT2D eigenvalue weighted by Crippen LogP contribution is 2.31. The fourth-order valence-electron chi connectivity index (χ4n) is 3.19. The maximum atomic E-state index is 11.4. The van der Waals surface area contributed by atoms with Crippen molar-refractivity contribution in [1.82, 2.24) is 4.90 Å². The molecule has 0 aliphatic carbocycles. The van der Waals surface area contributed by atoms with Gasteiger partial charge in [0.05, 0.1) is 5.69 Å². The minimum atomic E-state index is 0.118. The average molecular weight is 323 g/mol. The Kier molecular flexibility index (Phi) is 3.63. The molecular weight excluding hydrogens is 304 g/mol. The lowest BCUT2D eigenvalue weighted by atomic mass is 10.1. The Morgan fingerprint density at radius 3 is 2.89 bits per heavy atom. The first-order chi connectivity index (χ1) is 9.15. The molecule has 0 amide bonds. The van der Waals surface area contributed by atoms with E-state index < -0.39 is 0 Å². The summed E-state index contributed by atoms with van der Waals surface area (Å²) in [6, 6.07) is 6.67. The van der Waals surface area contributed by atoms with E-state index in [1.54, 1.807) is 6.92 Å². The van der Waals surface area contributed by atoms with Crippen molar-refractivity contribution in [3.63, 3.8) is 0 Å². The topological polar surface area (TPSA) is 23.6 Å². The maximum Gasteiger partial charge on any atom is 0.159 e. The van der Waals surface area contributed by atoms with Crippen LogP contribution in [0.1, 0.15) is 30.1 Å². The summed E-state index contributed by atoms with van der Waals surface area (Å²) in [5.41, 5.74) is 1.99. The molecule has 2 aliphatic heterocycles. The summed E-state index contributed by atoms with van der Waals surface area (Å²) in [5.74, 6) is 0.118.